The highest BCUT2D eigenvalue weighted by Crippen LogP contribution is 2.33. The lowest BCUT2D eigenvalue weighted by Gasteiger charge is -2.34. The average molecular weight is 498 g/mol. The number of halogens is 1. The van der Waals surface area contributed by atoms with E-state index in [1.807, 2.05) is 23.1 Å². The summed E-state index contributed by atoms with van der Waals surface area (Å²) in [6.07, 6.45) is 5.50. The molecule has 1 aliphatic rings. The summed E-state index contributed by atoms with van der Waals surface area (Å²) in [7, 11) is 0. The van der Waals surface area contributed by atoms with Crippen LogP contribution in [0.15, 0.2) is 22.5 Å². The zero-order valence-electron chi connectivity index (χ0n) is 15.5. The molecule has 2 N–H and O–H groups in total. The summed E-state index contributed by atoms with van der Waals surface area (Å²) in [5.74, 6) is 1.53. The van der Waals surface area contributed by atoms with Gasteiger partial charge in [-0.3, -0.25) is 4.99 Å². The number of aliphatic imine (C=N–C) groups is 1. The quantitative estimate of drug-likeness (QED) is 0.324. The molecule has 0 bridgehead atoms. The van der Waals surface area contributed by atoms with Crippen molar-refractivity contribution in [3.8, 4) is 0 Å². The maximum absolute atomic E-state index is 5.52. The van der Waals surface area contributed by atoms with Gasteiger partial charge in [0.2, 0.25) is 0 Å². The molecular weight excluding hydrogens is 465 g/mol. The molecule has 1 aromatic heterocycles. The van der Waals surface area contributed by atoms with E-state index in [1.165, 1.54) is 4.88 Å². The summed E-state index contributed by atoms with van der Waals surface area (Å²) in [4.78, 5) is 6.32. The van der Waals surface area contributed by atoms with E-state index in [-0.39, 0.29) is 28.7 Å². The predicted molar refractivity (Wildman–Crippen MR) is 123 cm³/mol. The molecule has 1 saturated heterocycles. The van der Waals surface area contributed by atoms with Crippen LogP contribution in [0.3, 0.4) is 0 Å². The summed E-state index contributed by atoms with van der Waals surface area (Å²) in [5, 5.41) is 9.05. The summed E-state index contributed by atoms with van der Waals surface area (Å²) in [6, 6.07) is 4.34. The number of rotatable bonds is 8. The Balaban J connectivity index is 0.00000312. The molecule has 0 aromatic carbocycles. The van der Waals surface area contributed by atoms with Gasteiger partial charge >= 0.3 is 0 Å². The number of ether oxygens (including phenoxy) is 1. The number of thioether (sulfide) groups is 1. The van der Waals surface area contributed by atoms with Crippen LogP contribution in [-0.2, 0) is 11.2 Å². The second kappa shape index (κ2) is 12.4. The van der Waals surface area contributed by atoms with Crippen LogP contribution >= 0.6 is 47.1 Å². The Hall–Kier alpha value is 0.01000. The second-order valence-corrected chi connectivity index (χ2v) is 8.77. The van der Waals surface area contributed by atoms with Crippen LogP contribution in [-0.4, -0.2) is 49.8 Å². The molecule has 1 atom stereocenters. The Morgan fingerprint density at radius 3 is 2.76 bits per heavy atom. The van der Waals surface area contributed by atoms with Crippen molar-refractivity contribution in [1.82, 2.24) is 10.6 Å². The van der Waals surface area contributed by atoms with Gasteiger partial charge in [-0.1, -0.05) is 13.0 Å². The molecule has 2 rings (SSSR count). The second-order valence-electron chi connectivity index (χ2n) is 6.46. The van der Waals surface area contributed by atoms with Gasteiger partial charge in [-0.25, -0.2) is 0 Å². The largest absolute Gasteiger partial charge is 0.381 e. The first-order valence-corrected chi connectivity index (χ1v) is 11.0. The van der Waals surface area contributed by atoms with Crippen molar-refractivity contribution in [2.24, 2.45) is 10.9 Å². The van der Waals surface area contributed by atoms with E-state index in [9.17, 15) is 0 Å². The van der Waals surface area contributed by atoms with Gasteiger partial charge in [-0.05, 0) is 49.8 Å². The van der Waals surface area contributed by atoms with Gasteiger partial charge in [0.1, 0.15) is 0 Å². The fourth-order valence-corrected chi connectivity index (χ4v) is 4.49. The average Bonchev–Trinajstić information content (AvgIpc) is 3.11. The molecule has 25 heavy (non-hydrogen) atoms. The molecule has 7 heteroatoms. The number of guanidine groups is 1. The van der Waals surface area contributed by atoms with E-state index in [1.54, 1.807) is 0 Å². The smallest absolute Gasteiger partial charge is 0.191 e. The lowest BCUT2D eigenvalue weighted by Crippen LogP contribution is -2.42. The molecule has 2 heterocycles. The van der Waals surface area contributed by atoms with Crippen LogP contribution in [0.5, 0.6) is 0 Å². The standard InChI is InChI=1S/C18H31N3OS2.HI/c1-4-19-17(20-13-15(2)12-16-6-5-11-24-16)21-14-18(23-3)7-9-22-10-8-18;/h5-6,11,15H,4,7-10,12-14H2,1-3H3,(H2,19,20,21);1H. The molecule has 0 spiro atoms. The monoisotopic (exact) mass is 497 g/mol. The highest BCUT2D eigenvalue weighted by Gasteiger charge is 2.31. The predicted octanol–water partition coefficient (Wildman–Crippen LogP) is 4.01. The first kappa shape index (κ1) is 23.0. The van der Waals surface area contributed by atoms with E-state index in [0.717, 1.165) is 58.1 Å². The molecule has 1 aromatic rings. The van der Waals surface area contributed by atoms with E-state index >= 15 is 0 Å². The SMILES string of the molecule is CCNC(=NCC1(SC)CCOCC1)NCC(C)Cc1cccs1.I. The minimum atomic E-state index is 0. The van der Waals surface area contributed by atoms with Crippen molar-refractivity contribution in [2.75, 3.05) is 39.1 Å². The fourth-order valence-electron chi connectivity index (χ4n) is 2.85. The Morgan fingerprint density at radius 1 is 1.40 bits per heavy atom. The molecule has 1 fully saturated rings. The van der Waals surface area contributed by atoms with Crippen molar-refractivity contribution in [2.45, 2.75) is 37.9 Å². The Labute approximate surface area is 178 Å². The molecule has 0 aliphatic carbocycles. The number of hydrogen-bond acceptors (Lipinski definition) is 4. The summed E-state index contributed by atoms with van der Waals surface area (Å²) in [5.41, 5.74) is 0. The number of hydrogen-bond donors (Lipinski definition) is 2. The van der Waals surface area contributed by atoms with Crippen molar-refractivity contribution >= 4 is 53.0 Å². The highest BCUT2D eigenvalue weighted by atomic mass is 127. The molecule has 144 valence electrons. The zero-order chi connectivity index (χ0) is 17.3. The minimum Gasteiger partial charge on any atom is -0.381 e. The van der Waals surface area contributed by atoms with E-state index < -0.39 is 0 Å². The lowest BCUT2D eigenvalue weighted by atomic mass is 9.99. The van der Waals surface area contributed by atoms with Crippen molar-refractivity contribution < 1.29 is 4.74 Å². The third kappa shape index (κ3) is 8.05. The van der Waals surface area contributed by atoms with E-state index in [0.29, 0.717) is 5.92 Å². The van der Waals surface area contributed by atoms with Gasteiger partial charge in [0.25, 0.3) is 0 Å². The maximum atomic E-state index is 5.52. The molecule has 4 nitrogen and oxygen atoms in total. The zero-order valence-corrected chi connectivity index (χ0v) is 19.5. The molecule has 1 aliphatic heterocycles. The summed E-state index contributed by atoms with van der Waals surface area (Å²) in [6.45, 7) is 8.81. The Bertz CT molecular complexity index is 491. The van der Waals surface area contributed by atoms with Crippen LogP contribution in [0.25, 0.3) is 0 Å². The fraction of sp³-hybridized carbons (Fsp3) is 0.722. The number of thiophene rings is 1. The minimum absolute atomic E-state index is 0. The highest BCUT2D eigenvalue weighted by molar-refractivity contribution is 14.0. The molecule has 0 amide bonds. The van der Waals surface area contributed by atoms with Gasteiger partial charge < -0.3 is 15.4 Å². The topological polar surface area (TPSA) is 45.7 Å². The van der Waals surface area contributed by atoms with Crippen LogP contribution < -0.4 is 10.6 Å². The summed E-state index contributed by atoms with van der Waals surface area (Å²) >= 11 is 3.78. The van der Waals surface area contributed by atoms with Crippen LogP contribution in [0.4, 0.5) is 0 Å². The number of nitrogens with zero attached hydrogens (tertiary/aromatic N) is 1. The molecular formula is C18H32IN3OS2. The van der Waals surface area contributed by atoms with Gasteiger partial charge in [-0.2, -0.15) is 11.8 Å². The van der Waals surface area contributed by atoms with Crippen molar-refractivity contribution in [1.29, 1.82) is 0 Å². The Kier molecular flexibility index (Phi) is 11.4. The lowest BCUT2D eigenvalue weighted by molar-refractivity contribution is 0.0794. The third-order valence-electron chi connectivity index (χ3n) is 4.45. The van der Waals surface area contributed by atoms with Crippen molar-refractivity contribution in [3.05, 3.63) is 22.4 Å². The van der Waals surface area contributed by atoms with Gasteiger partial charge in [0.05, 0.1) is 6.54 Å². The first-order chi connectivity index (χ1) is 11.7. The number of nitrogens with one attached hydrogen (secondary N) is 2. The van der Waals surface area contributed by atoms with Gasteiger partial charge in [0.15, 0.2) is 5.96 Å². The molecule has 0 radical (unpaired) electrons. The third-order valence-corrected chi connectivity index (χ3v) is 6.76. The van der Waals surface area contributed by atoms with Gasteiger partial charge in [-0.15, -0.1) is 35.3 Å². The van der Waals surface area contributed by atoms with Gasteiger partial charge in [0, 0.05) is 35.9 Å². The van der Waals surface area contributed by atoms with E-state index in [4.69, 9.17) is 9.73 Å². The van der Waals surface area contributed by atoms with Crippen LogP contribution in [0.1, 0.15) is 31.6 Å². The molecule has 1 unspecified atom stereocenters. The van der Waals surface area contributed by atoms with E-state index in [2.05, 4.69) is 48.2 Å². The van der Waals surface area contributed by atoms with Crippen LogP contribution in [0.2, 0.25) is 0 Å². The normalized spacial score (nSPS) is 18.3. The van der Waals surface area contributed by atoms with Crippen LogP contribution in [0, 0.1) is 5.92 Å². The first-order valence-electron chi connectivity index (χ1n) is 8.85. The maximum Gasteiger partial charge on any atom is 0.191 e. The molecule has 0 saturated carbocycles. The Morgan fingerprint density at radius 2 is 2.16 bits per heavy atom. The van der Waals surface area contributed by atoms with Crippen molar-refractivity contribution in [3.63, 3.8) is 0 Å². The summed E-state index contributed by atoms with van der Waals surface area (Å²) < 4.78 is 5.76.